The molecule has 0 aliphatic carbocycles. The molecule has 0 spiro atoms. The van der Waals surface area contributed by atoms with Crippen LogP contribution in [-0.2, 0) is 0 Å². The lowest BCUT2D eigenvalue weighted by Gasteiger charge is -2.13. The van der Waals surface area contributed by atoms with Crippen molar-refractivity contribution < 1.29 is 13.9 Å². The SMILES string of the molecule is COc1cc(F)ccc1NC(=O)c1c(C)cccc1C. The van der Waals surface area contributed by atoms with Gasteiger partial charge < -0.3 is 10.1 Å². The molecule has 0 radical (unpaired) electrons. The summed E-state index contributed by atoms with van der Waals surface area (Å²) >= 11 is 0. The first kappa shape index (κ1) is 14.1. The Morgan fingerprint density at radius 1 is 1.15 bits per heavy atom. The predicted octanol–water partition coefficient (Wildman–Crippen LogP) is 3.70. The summed E-state index contributed by atoms with van der Waals surface area (Å²) in [4.78, 5) is 12.3. The Bertz CT molecular complexity index is 633. The number of nitrogens with one attached hydrogen (secondary N) is 1. The van der Waals surface area contributed by atoms with Crippen LogP contribution < -0.4 is 10.1 Å². The van der Waals surface area contributed by atoms with E-state index in [-0.39, 0.29) is 5.91 Å². The van der Waals surface area contributed by atoms with Gasteiger partial charge in [-0.05, 0) is 37.1 Å². The van der Waals surface area contributed by atoms with Gasteiger partial charge in [-0.15, -0.1) is 0 Å². The number of aryl methyl sites for hydroxylation is 2. The Labute approximate surface area is 117 Å². The third-order valence-electron chi connectivity index (χ3n) is 3.12. The number of benzene rings is 2. The van der Waals surface area contributed by atoms with E-state index in [2.05, 4.69) is 5.32 Å². The molecule has 0 aromatic heterocycles. The number of methoxy groups -OCH3 is 1. The van der Waals surface area contributed by atoms with E-state index in [1.54, 1.807) is 0 Å². The molecule has 0 saturated carbocycles. The van der Waals surface area contributed by atoms with Gasteiger partial charge in [0, 0.05) is 11.6 Å². The average Bonchev–Trinajstić information content (AvgIpc) is 2.40. The molecule has 0 aliphatic rings. The number of ether oxygens (including phenoxy) is 1. The van der Waals surface area contributed by atoms with Crippen LogP contribution in [0.4, 0.5) is 10.1 Å². The fourth-order valence-electron chi connectivity index (χ4n) is 2.13. The lowest BCUT2D eigenvalue weighted by atomic mass is 10.0. The van der Waals surface area contributed by atoms with Crippen LogP contribution in [0.3, 0.4) is 0 Å². The van der Waals surface area contributed by atoms with Crippen molar-refractivity contribution in [3.8, 4) is 5.75 Å². The Morgan fingerprint density at radius 3 is 2.40 bits per heavy atom. The van der Waals surface area contributed by atoms with Crippen molar-refractivity contribution in [1.82, 2.24) is 0 Å². The first-order valence-corrected chi connectivity index (χ1v) is 6.24. The number of hydrogen-bond donors (Lipinski definition) is 1. The maximum absolute atomic E-state index is 13.1. The molecule has 0 fully saturated rings. The highest BCUT2D eigenvalue weighted by Crippen LogP contribution is 2.26. The summed E-state index contributed by atoms with van der Waals surface area (Å²) in [6, 6.07) is 9.66. The van der Waals surface area contributed by atoms with Gasteiger partial charge in [-0.3, -0.25) is 4.79 Å². The summed E-state index contributed by atoms with van der Waals surface area (Å²) in [6.07, 6.45) is 0. The van der Waals surface area contributed by atoms with Crippen molar-refractivity contribution >= 4 is 11.6 Å². The number of halogens is 1. The highest BCUT2D eigenvalue weighted by Gasteiger charge is 2.14. The second-order valence-corrected chi connectivity index (χ2v) is 4.57. The second-order valence-electron chi connectivity index (χ2n) is 4.57. The van der Waals surface area contributed by atoms with Gasteiger partial charge in [-0.1, -0.05) is 18.2 Å². The molecule has 0 aliphatic heterocycles. The Kier molecular flexibility index (Phi) is 4.03. The zero-order valence-corrected chi connectivity index (χ0v) is 11.7. The summed E-state index contributed by atoms with van der Waals surface area (Å²) in [5.41, 5.74) is 2.85. The molecule has 2 rings (SSSR count). The number of carbonyl (C=O) groups excluding carboxylic acids is 1. The van der Waals surface area contributed by atoms with Gasteiger partial charge in [0.1, 0.15) is 11.6 Å². The molecule has 20 heavy (non-hydrogen) atoms. The van der Waals surface area contributed by atoms with Gasteiger partial charge in [0.25, 0.3) is 5.91 Å². The zero-order chi connectivity index (χ0) is 14.7. The van der Waals surface area contributed by atoms with E-state index in [9.17, 15) is 9.18 Å². The van der Waals surface area contributed by atoms with Crippen molar-refractivity contribution in [2.75, 3.05) is 12.4 Å². The molecule has 0 atom stereocenters. The molecule has 0 bridgehead atoms. The molecule has 0 heterocycles. The third kappa shape index (κ3) is 2.79. The van der Waals surface area contributed by atoms with E-state index < -0.39 is 5.82 Å². The first-order chi connectivity index (χ1) is 9.52. The molecular weight excluding hydrogens is 257 g/mol. The van der Waals surface area contributed by atoms with Crippen LogP contribution in [0, 0.1) is 19.7 Å². The van der Waals surface area contributed by atoms with Crippen LogP contribution in [0.5, 0.6) is 5.75 Å². The van der Waals surface area contributed by atoms with E-state index in [0.29, 0.717) is 17.0 Å². The quantitative estimate of drug-likeness (QED) is 0.926. The molecule has 0 saturated heterocycles. The molecule has 2 aromatic carbocycles. The number of rotatable bonds is 3. The van der Waals surface area contributed by atoms with Gasteiger partial charge in [0.15, 0.2) is 0 Å². The third-order valence-corrected chi connectivity index (χ3v) is 3.12. The maximum atomic E-state index is 13.1. The smallest absolute Gasteiger partial charge is 0.256 e. The molecule has 0 unspecified atom stereocenters. The summed E-state index contributed by atoms with van der Waals surface area (Å²) < 4.78 is 18.2. The minimum absolute atomic E-state index is 0.231. The van der Waals surface area contributed by atoms with Crippen molar-refractivity contribution in [1.29, 1.82) is 0 Å². The van der Waals surface area contributed by atoms with Crippen molar-refractivity contribution in [2.24, 2.45) is 0 Å². The molecule has 3 nitrogen and oxygen atoms in total. The first-order valence-electron chi connectivity index (χ1n) is 6.24. The van der Waals surface area contributed by atoms with Crippen molar-refractivity contribution in [2.45, 2.75) is 13.8 Å². The van der Waals surface area contributed by atoms with Gasteiger partial charge in [0.2, 0.25) is 0 Å². The lowest BCUT2D eigenvalue weighted by molar-refractivity contribution is 0.102. The highest BCUT2D eigenvalue weighted by atomic mass is 19.1. The summed E-state index contributed by atoms with van der Waals surface area (Å²) in [7, 11) is 1.43. The molecular formula is C16H16FNO2. The molecule has 2 aromatic rings. The van der Waals surface area contributed by atoms with Crippen LogP contribution in [0.25, 0.3) is 0 Å². The molecule has 4 heteroatoms. The Morgan fingerprint density at radius 2 is 1.80 bits per heavy atom. The highest BCUT2D eigenvalue weighted by molar-refractivity contribution is 6.06. The van der Waals surface area contributed by atoms with E-state index in [1.165, 1.54) is 25.3 Å². The number of carbonyl (C=O) groups is 1. The van der Waals surface area contributed by atoms with Crippen LogP contribution >= 0.6 is 0 Å². The number of amides is 1. The minimum atomic E-state index is -0.410. The molecule has 1 N–H and O–H groups in total. The van der Waals surface area contributed by atoms with Gasteiger partial charge in [0.05, 0.1) is 12.8 Å². The van der Waals surface area contributed by atoms with E-state index >= 15 is 0 Å². The minimum Gasteiger partial charge on any atom is -0.494 e. The lowest BCUT2D eigenvalue weighted by Crippen LogP contribution is -2.15. The summed E-state index contributed by atoms with van der Waals surface area (Å²) in [6.45, 7) is 3.76. The fourth-order valence-corrected chi connectivity index (χ4v) is 2.13. The van der Waals surface area contributed by atoms with Crippen LogP contribution in [0.15, 0.2) is 36.4 Å². The Hall–Kier alpha value is -2.36. The number of hydrogen-bond acceptors (Lipinski definition) is 2. The molecule has 104 valence electrons. The summed E-state index contributed by atoms with van der Waals surface area (Å²) in [5, 5.41) is 2.76. The van der Waals surface area contributed by atoms with Gasteiger partial charge in [-0.25, -0.2) is 4.39 Å². The van der Waals surface area contributed by atoms with Crippen LogP contribution in [-0.4, -0.2) is 13.0 Å². The monoisotopic (exact) mass is 273 g/mol. The van der Waals surface area contributed by atoms with E-state index in [1.807, 2.05) is 32.0 Å². The fraction of sp³-hybridized carbons (Fsp3) is 0.188. The standard InChI is InChI=1S/C16H16FNO2/c1-10-5-4-6-11(2)15(10)16(19)18-13-8-7-12(17)9-14(13)20-3/h4-9H,1-3H3,(H,18,19). The predicted molar refractivity (Wildman–Crippen MR) is 76.8 cm³/mol. The number of anilines is 1. The van der Waals surface area contributed by atoms with E-state index in [4.69, 9.17) is 4.74 Å². The molecule has 1 amide bonds. The van der Waals surface area contributed by atoms with Crippen molar-refractivity contribution in [3.05, 3.63) is 58.9 Å². The van der Waals surface area contributed by atoms with Gasteiger partial charge >= 0.3 is 0 Å². The van der Waals surface area contributed by atoms with Gasteiger partial charge in [-0.2, -0.15) is 0 Å². The van der Waals surface area contributed by atoms with Crippen LogP contribution in [0.2, 0.25) is 0 Å². The Balaban J connectivity index is 2.33. The second kappa shape index (κ2) is 5.74. The largest absolute Gasteiger partial charge is 0.494 e. The summed E-state index contributed by atoms with van der Waals surface area (Å²) in [5.74, 6) is -0.345. The average molecular weight is 273 g/mol. The normalized spacial score (nSPS) is 10.2. The zero-order valence-electron chi connectivity index (χ0n) is 11.7. The van der Waals surface area contributed by atoms with Crippen molar-refractivity contribution in [3.63, 3.8) is 0 Å². The topological polar surface area (TPSA) is 38.3 Å². The maximum Gasteiger partial charge on any atom is 0.256 e. The van der Waals surface area contributed by atoms with E-state index in [0.717, 1.165) is 11.1 Å². The van der Waals surface area contributed by atoms with Crippen LogP contribution in [0.1, 0.15) is 21.5 Å².